The molecule has 2 aromatic heterocycles. The Hall–Kier alpha value is -6.24. The number of nitrogens with zero attached hydrogens (tertiary/aromatic N) is 6. The Bertz CT molecular complexity index is 2140. The molecule has 0 aliphatic carbocycles. The van der Waals surface area contributed by atoms with Crippen molar-refractivity contribution in [1.82, 2.24) is 30.3 Å². The maximum Gasteiger partial charge on any atom is 0.407 e. The zero-order valence-corrected chi connectivity index (χ0v) is 25.8. The molecule has 16 heteroatoms. The Kier molecular flexibility index (Phi) is 8.75. The van der Waals surface area contributed by atoms with E-state index in [1.54, 1.807) is 65.0 Å². The molecule has 1 aliphatic rings. The molecule has 1 aliphatic heterocycles. The first-order chi connectivity index (χ1) is 23.2. The average Bonchev–Trinajstić information content (AvgIpc) is 3.50. The lowest BCUT2D eigenvalue weighted by atomic mass is 10.1. The minimum absolute atomic E-state index is 0.0336. The number of nitrogen functional groups attached to an aromatic ring is 2. The highest BCUT2D eigenvalue weighted by atomic mass is 35.5. The van der Waals surface area contributed by atoms with Gasteiger partial charge in [-0.2, -0.15) is 15.2 Å². The van der Waals surface area contributed by atoms with Gasteiger partial charge in [-0.15, -0.1) is 0 Å². The smallest absolute Gasteiger partial charge is 0.407 e. The van der Waals surface area contributed by atoms with Gasteiger partial charge in [-0.25, -0.2) is 15.3 Å². The van der Waals surface area contributed by atoms with E-state index in [0.29, 0.717) is 16.8 Å². The number of fused-ring (bicyclic) bond motifs is 1. The maximum atomic E-state index is 14.1. The molecule has 242 valence electrons. The average molecular weight is 667 g/mol. The summed E-state index contributed by atoms with van der Waals surface area (Å²) in [5, 5.41) is 22.0. The van der Waals surface area contributed by atoms with Gasteiger partial charge in [-0.3, -0.25) is 19.4 Å². The Morgan fingerprint density at radius 2 is 1.79 bits per heavy atom. The van der Waals surface area contributed by atoms with Crippen molar-refractivity contribution in [2.24, 2.45) is 0 Å². The predicted octanol–water partition coefficient (Wildman–Crippen LogP) is 3.23. The molecule has 5 aromatic rings. The van der Waals surface area contributed by atoms with Gasteiger partial charge in [0.2, 0.25) is 5.95 Å². The van der Waals surface area contributed by atoms with Crippen molar-refractivity contribution in [3.63, 3.8) is 0 Å². The molecule has 2 amide bonds. The maximum absolute atomic E-state index is 14.1. The molecular weight excluding hydrogens is 640 g/mol. The first-order valence-corrected chi connectivity index (χ1v) is 14.9. The van der Waals surface area contributed by atoms with E-state index >= 15 is 0 Å². The number of para-hydroxylation sites is 1. The molecule has 1 saturated heterocycles. The first-order valence-electron chi connectivity index (χ1n) is 14.5. The van der Waals surface area contributed by atoms with Gasteiger partial charge in [-0.1, -0.05) is 48.0 Å². The van der Waals surface area contributed by atoms with Gasteiger partial charge in [0.1, 0.15) is 29.4 Å². The highest BCUT2D eigenvalue weighted by Gasteiger charge is 2.41. The first kappa shape index (κ1) is 31.7. The second-order valence-electron chi connectivity index (χ2n) is 10.8. The van der Waals surface area contributed by atoms with Gasteiger partial charge < -0.3 is 26.4 Å². The molecule has 0 unspecified atom stereocenters. The Morgan fingerprint density at radius 1 is 1.04 bits per heavy atom. The van der Waals surface area contributed by atoms with Crippen LogP contribution in [0.5, 0.6) is 0 Å². The minimum Gasteiger partial charge on any atom is -0.444 e. The lowest BCUT2D eigenvalue weighted by Crippen LogP contribution is -2.33. The summed E-state index contributed by atoms with van der Waals surface area (Å²) in [5.74, 6) is -0.613. The van der Waals surface area contributed by atoms with Gasteiger partial charge in [0.25, 0.3) is 11.5 Å². The van der Waals surface area contributed by atoms with E-state index in [-0.39, 0.29) is 64.5 Å². The van der Waals surface area contributed by atoms with Crippen LogP contribution in [-0.4, -0.2) is 49.4 Å². The van der Waals surface area contributed by atoms with Crippen LogP contribution >= 0.6 is 11.6 Å². The van der Waals surface area contributed by atoms with Crippen LogP contribution < -0.4 is 32.7 Å². The number of carbonyl (C=O) groups is 2. The van der Waals surface area contributed by atoms with E-state index < -0.39 is 29.7 Å². The molecule has 6 rings (SSSR count). The number of aromatic nitrogens is 4. The van der Waals surface area contributed by atoms with E-state index in [9.17, 15) is 19.6 Å². The zero-order valence-electron chi connectivity index (χ0n) is 25.0. The molecule has 48 heavy (non-hydrogen) atoms. The SMILES string of the molecule is N#Cc1c(N)nc(N)nc1N1C[C@H](OC(=O)NCc2ccc(C(=O)NO)cc2)C[C@H]1c1nc2cccc(Cl)c2c(=O)n1-c1ccccc1. The standard InChI is InChI=1S/C32H27ClN10O5/c33-22-7-4-8-23-25(22)30(45)43(19-5-2-1-3-6-19)28(38-23)24-13-20(16-42(24)27-21(14-34)26(35)39-31(36)40-27)48-32(46)37-15-17-9-11-18(12-10-17)29(44)41-47/h1-12,20,24,47H,13,15-16H2,(H,37,46)(H,41,44)(H4,35,36,39,40)/t20-,24+/m1/s1. The van der Waals surface area contributed by atoms with Gasteiger partial charge >= 0.3 is 6.09 Å². The number of nitrogens with two attached hydrogens (primary N) is 2. The van der Waals surface area contributed by atoms with Crippen LogP contribution in [0.25, 0.3) is 16.6 Å². The molecular formula is C32H27ClN10O5. The van der Waals surface area contributed by atoms with Crippen LogP contribution in [-0.2, 0) is 11.3 Å². The third-order valence-corrected chi connectivity index (χ3v) is 8.11. The summed E-state index contributed by atoms with van der Waals surface area (Å²) in [6.07, 6.45) is -1.37. The van der Waals surface area contributed by atoms with E-state index in [4.69, 9.17) is 38.0 Å². The quantitative estimate of drug-likeness (QED) is 0.125. The number of alkyl carbamates (subject to hydrolysis) is 1. The van der Waals surface area contributed by atoms with Crippen molar-refractivity contribution in [1.29, 1.82) is 5.26 Å². The fraction of sp³-hybridized carbons (Fsp3) is 0.156. The number of ether oxygens (including phenoxy) is 1. The number of carbonyl (C=O) groups excluding carboxylic acids is 2. The van der Waals surface area contributed by atoms with Crippen LogP contribution in [0.2, 0.25) is 5.02 Å². The third kappa shape index (κ3) is 6.12. The summed E-state index contributed by atoms with van der Waals surface area (Å²) >= 11 is 6.48. The summed E-state index contributed by atoms with van der Waals surface area (Å²) in [7, 11) is 0. The second-order valence-corrected chi connectivity index (χ2v) is 11.2. The summed E-state index contributed by atoms with van der Waals surface area (Å²) < 4.78 is 7.26. The van der Waals surface area contributed by atoms with Crippen molar-refractivity contribution in [2.75, 3.05) is 22.9 Å². The molecule has 1 fully saturated rings. The van der Waals surface area contributed by atoms with Gasteiger partial charge in [-0.05, 0) is 42.0 Å². The molecule has 2 atom stereocenters. The van der Waals surface area contributed by atoms with Crippen molar-refractivity contribution >= 4 is 52.1 Å². The number of rotatable bonds is 7. The van der Waals surface area contributed by atoms with E-state index in [2.05, 4.69) is 15.3 Å². The van der Waals surface area contributed by atoms with Crippen LogP contribution in [0.3, 0.4) is 0 Å². The van der Waals surface area contributed by atoms with Gasteiger partial charge in [0, 0.05) is 18.5 Å². The van der Waals surface area contributed by atoms with Crippen LogP contribution in [0.1, 0.15) is 39.8 Å². The number of nitriles is 1. The Balaban J connectivity index is 1.38. The largest absolute Gasteiger partial charge is 0.444 e. The zero-order chi connectivity index (χ0) is 33.9. The normalized spacial score (nSPS) is 15.6. The number of halogens is 1. The lowest BCUT2D eigenvalue weighted by molar-refractivity contribution is 0.0706. The minimum atomic E-state index is -0.773. The summed E-state index contributed by atoms with van der Waals surface area (Å²) in [4.78, 5) is 53.6. The fourth-order valence-electron chi connectivity index (χ4n) is 5.62. The molecule has 0 bridgehead atoms. The number of hydroxylamine groups is 1. The molecule has 7 N–H and O–H groups in total. The highest BCUT2D eigenvalue weighted by molar-refractivity contribution is 6.35. The molecule has 3 aromatic carbocycles. The van der Waals surface area contributed by atoms with Crippen molar-refractivity contribution in [3.8, 4) is 11.8 Å². The summed E-state index contributed by atoms with van der Waals surface area (Å²) in [6.45, 7) is 0.115. The second kappa shape index (κ2) is 13.2. The number of hydrogen-bond donors (Lipinski definition) is 5. The highest BCUT2D eigenvalue weighted by Crippen LogP contribution is 2.39. The Labute approximate surface area is 277 Å². The van der Waals surface area contributed by atoms with Crippen molar-refractivity contribution in [2.45, 2.75) is 25.1 Å². The molecule has 3 heterocycles. The number of anilines is 3. The molecule has 15 nitrogen and oxygen atoms in total. The third-order valence-electron chi connectivity index (χ3n) is 7.80. The Morgan fingerprint density at radius 3 is 2.50 bits per heavy atom. The molecule has 0 saturated carbocycles. The van der Waals surface area contributed by atoms with E-state index in [0.717, 1.165) is 0 Å². The number of hydrogen-bond acceptors (Lipinski definition) is 12. The lowest BCUT2D eigenvalue weighted by Gasteiger charge is -2.28. The topological polar surface area (TPSA) is 227 Å². The number of benzene rings is 3. The summed E-state index contributed by atoms with van der Waals surface area (Å²) in [5.41, 5.74) is 14.9. The van der Waals surface area contributed by atoms with E-state index in [1.165, 1.54) is 16.7 Å². The molecule has 0 spiro atoms. The van der Waals surface area contributed by atoms with Crippen LogP contribution in [0.4, 0.5) is 22.4 Å². The van der Waals surface area contributed by atoms with E-state index in [1.807, 2.05) is 12.1 Å². The fourth-order valence-corrected chi connectivity index (χ4v) is 5.87. The number of nitrogens with one attached hydrogen (secondary N) is 2. The van der Waals surface area contributed by atoms with Crippen molar-refractivity contribution in [3.05, 3.63) is 111 Å². The monoisotopic (exact) mass is 666 g/mol. The van der Waals surface area contributed by atoms with Crippen LogP contribution in [0.15, 0.2) is 77.6 Å². The molecule has 0 radical (unpaired) electrons. The van der Waals surface area contributed by atoms with Crippen LogP contribution in [0, 0.1) is 11.3 Å². The number of amides is 2. The summed E-state index contributed by atoms with van der Waals surface area (Å²) in [6, 6.07) is 21.3. The van der Waals surface area contributed by atoms with Gasteiger partial charge in [0.15, 0.2) is 5.82 Å². The van der Waals surface area contributed by atoms with Crippen molar-refractivity contribution < 1.29 is 19.5 Å². The predicted molar refractivity (Wildman–Crippen MR) is 175 cm³/mol. The van der Waals surface area contributed by atoms with Gasteiger partial charge in [0.05, 0.1) is 34.2 Å².